The molecule has 0 aromatic heterocycles. The zero-order valence-corrected chi connectivity index (χ0v) is 10.6. The number of carbonyl (C=O) groups excluding carboxylic acids is 2. The lowest BCUT2D eigenvalue weighted by molar-refractivity contribution is -0.135. The van der Waals surface area contributed by atoms with Gasteiger partial charge in [0.05, 0.1) is 13.7 Å². The minimum absolute atomic E-state index is 0.109. The van der Waals surface area contributed by atoms with Crippen LogP contribution in [-0.4, -0.2) is 56.4 Å². The second kappa shape index (κ2) is 6.44. The number of methoxy groups -OCH3 is 2. The molecule has 98 valence electrons. The third kappa shape index (κ3) is 3.59. The third-order valence-corrected chi connectivity index (χ3v) is 2.94. The lowest BCUT2D eigenvalue weighted by Gasteiger charge is -2.26. The van der Waals surface area contributed by atoms with Crippen LogP contribution in [0.4, 0.5) is 4.79 Å². The van der Waals surface area contributed by atoms with Gasteiger partial charge in [-0.25, -0.2) is 4.79 Å². The van der Waals surface area contributed by atoms with Crippen LogP contribution in [0.25, 0.3) is 0 Å². The van der Waals surface area contributed by atoms with Gasteiger partial charge in [-0.2, -0.15) is 0 Å². The van der Waals surface area contributed by atoms with Gasteiger partial charge in [-0.1, -0.05) is 0 Å². The van der Waals surface area contributed by atoms with E-state index in [0.29, 0.717) is 0 Å². The number of rotatable bonds is 4. The fraction of sp³-hybridized carbons (Fsp3) is 0.818. The molecule has 1 N–H and O–H groups in total. The predicted octanol–water partition coefficient (Wildman–Crippen LogP) is 0.368. The zero-order chi connectivity index (χ0) is 12.8. The van der Waals surface area contributed by atoms with Gasteiger partial charge in [-0.05, 0) is 19.8 Å². The summed E-state index contributed by atoms with van der Waals surface area (Å²) in [4.78, 5) is 25.1. The Morgan fingerprint density at radius 2 is 2.18 bits per heavy atom. The van der Waals surface area contributed by atoms with Gasteiger partial charge < -0.3 is 19.7 Å². The van der Waals surface area contributed by atoms with Crippen molar-refractivity contribution in [2.24, 2.45) is 0 Å². The molecule has 2 atom stereocenters. The van der Waals surface area contributed by atoms with Crippen molar-refractivity contribution in [3.05, 3.63) is 0 Å². The monoisotopic (exact) mass is 244 g/mol. The van der Waals surface area contributed by atoms with Crippen LogP contribution in [0.5, 0.6) is 0 Å². The van der Waals surface area contributed by atoms with Crippen LogP contribution in [0, 0.1) is 0 Å². The molecular formula is C11H20N2O4. The van der Waals surface area contributed by atoms with Gasteiger partial charge in [0.15, 0.2) is 0 Å². The number of likely N-dealkylation sites (tertiary alicyclic amines) is 1. The highest BCUT2D eigenvalue weighted by Crippen LogP contribution is 2.17. The van der Waals surface area contributed by atoms with E-state index < -0.39 is 12.1 Å². The van der Waals surface area contributed by atoms with Crippen molar-refractivity contribution in [1.82, 2.24) is 10.2 Å². The Hall–Kier alpha value is -1.30. The number of nitrogens with one attached hydrogen (secondary N) is 1. The van der Waals surface area contributed by atoms with Crippen molar-refractivity contribution in [2.45, 2.75) is 31.8 Å². The molecule has 1 aliphatic rings. The van der Waals surface area contributed by atoms with Crippen LogP contribution < -0.4 is 5.32 Å². The van der Waals surface area contributed by atoms with E-state index in [2.05, 4.69) is 10.1 Å². The minimum atomic E-state index is -0.673. The van der Waals surface area contributed by atoms with Gasteiger partial charge in [-0.3, -0.25) is 4.79 Å². The summed E-state index contributed by atoms with van der Waals surface area (Å²) in [6.07, 6.45) is 1.39. The summed E-state index contributed by atoms with van der Waals surface area (Å²) in [5.74, 6) is -0.109. The topological polar surface area (TPSA) is 67.9 Å². The van der Waals surface area contributed by atoms with E-state index in [1.54, 1.807) is 4.90 Å². The normalized spacial score (nSPS) is 21.1. The fourth-order valence-corrected chi connectivity index (χ4v) is 2.00. The van der Waals surface area contributed by atoms with Gasteiger partial charge in [0.1, 0.15) is 6.04 Å². The molecule has 0 bridgehead atoms. The molecular weight excluding hydrogens is 224 g/mol. The molecule has 1 rings (SSSR count). The number of carbonyl (C=O) groups is 2. The van der Waals surface area contributed by atoms with Crippen molar-refractivity contribution in [2.75, 3.05) is 27.4 Å². The Balaban J connectivity index is 2.62. The molecule has 1 heterocycles. The summed E-state index contributed by atoms with van der Waals surface area (Å²) < 4.78 is 9.44. The van der Waals surface area contributed by atoms with E-state index in [1.807, 2.05) is 6.92 Å². The lowest BCUT2D eigenvalue weighted by atomic mass is 10.2. The molecule has 1 saturated heterocycles. The number of amides is 2. The Labute approximate surface area is 101 Å². The van der Waals surface area contributed by atoms with Crippen LogP contribution in [0.3, 0.4) is 0 Å². The molecule has 6 nitrogen and oxygen atoms in total. The highest BCUT2D eigenvalue weighted by atomic mass is 16.5. The van der Waals surface area contributed by atoms with Crippen LogP contribution >= 0.6 is 0 Å². The molecule has 2 amide bonds. The van der Waals surface area contributed by atoms with Crippen molar-refractivity contribution < 1.29 is 19.1 Å². The van der Waals surface area contributed by atoms with Gasteiger partial charge in [0, 0.05) is 19.7 Å². The van der Waals surface area contributed by atoms with Gasteiger partial charge >= 0.3 is 6.09 Å². The Kier molecular flexibility index (Phi) is 5.21. The average Bonchev–Trinajstić information content (AvgIpc) is 2.73. The highest BCUT2D eigenvalue weighted by molar-refractivity contribution is 5.86. The average molecular weight is 244 g/mol. The second-order valence-corrected chi connectivity index (χ2v) is 4.17. The van der Waals surface area contributed by atoms with E-state index in [0.717, 1.165) is 19.4 Å². The molecule has 17 heavy (non-hydrogen) atoms. The molecule has 6 heteroatoms. The summed E-state index contributed by atoms with van der Waals surface area (Å²) in [5, 5.41) is 2.49. The molecule has 1 fully saturated rings. The Bertz CT molecular complexity index is 283. The largest absolute Gasteiger partial charge is 0.453 e. The number of nitrogens with zero attached hydrogens (tertiary/aromatic N) is 1. The molecule has 0 radical (unpaired) electrons. The third-order valence-electron chi connectivity index (χ3n) is 2.94. The maximum absolute atomic E-state index is 12.2. The molecule has 1 aliphatic heterocycles. The van der Waals surface area contributed by atoms with Crippen LogP contribution in [0.2, 0.25) is 0 Å². The first-order valence-corrected chi connectivity index (χ1v) is 5.74. The van der Waals surface area contributed by atoms with Crippen LogP contribution in [0.1, 0.15) is 19.8 Å². The van der Waals surface area contributed by atoms with E-state index in [9.17, 15) is 9.59 Å². The first-order valence-electron chi connectivity index (χ1n) is 5.74. The Morgan fingerprint density at radius 1 is 1.47 bits per heavy atom. The van der Waals surface area contributed by atoms with Crippen LogP contribution in [-0.2, 0) is 14.3 Å². The SMILES string of the molecule is COC[C@H](NC(=O)OC)C(=O)N1CCC[C@@H]1C. The van der Waals surface area contributed by atoms with E-state index >= 15 is 0 Å². The summed E-state index contributed by atoms with van der Waals surface area (Å²) >= 11 is 0. The highest BCUT2D eigenvalue weighted by Gasteiger charge is 2.31. The molecule has 0 saturated carbocycles. The summed E-state index contributed by atoms with van der Waals surface area (Å²) in [7, 11) is 2.76. The Morgan fingerprint density at radius 3 is 2.65 bits per heavy atom. The van der Waals surface area contributed by atoms with Crippen LogP contribution in [0.15, 0.2) is 0 Å². The lowest BCUT2D eigenvalue weighted by Crippen LogP contribution is -2.51. The molecule has 0 aromatic rings. The minimum Gasteiger partial charge on any atom is -0.453 e. The second-order valence-electron chi connectivity index (χ2n) is 4.17. The number of hydrogen-bond acceptors (Lipinski definition) is 4. The summed E-state index contributed by atoms with van der Waals surface area (Å²) in [6.45, 7) is 2.90. The first-order chi connectivity index (χ1) is 8.10. The molecule has 0 spiro atoms. The van der Waals surface area contributed by atoms with Crippen molar-refractivity contribution >= 4 is 12.0 Å². The summed E-state index contributed by atoms with van der Waals surface area (Å²) in [6, 6.07) is -0.450. The number of ether oxygens (including phenoxy) is 2. The molecule has 0 unspecified atom stereocenters. The van der Waals surface area contributed by atoms with Gasteiger partial charge in [0.25, 0.3) is 0 Å². The quantitative estimate of drug-likeness (QED) is 0.775. The maximum Gasteiger partial charge on any atom is 0.407 e. The fourth-order valence-electron chi connectivity index (χ4n) is 2.00. The van der Waals surface area contributed by atoms with E-state index in [1.165, 1.54) is 14.2 Å². The first kappa shape index (κ1) is 13.8. The van der Waals surface area contributed by atoms with E-state index in [-0.39, 0.29) is 18.6 Å². The number of alkyl carbamates (subject to hydrolysis) is 1. The van der Waals surface area contributed by atoms with Crippen molar-refractivity contribution in [3.8, 4) is 0 Å². The maximum atomic E-state index is 12.2. The summed E-state index contributed by atoms with van der Waals surface area (Å²) in [5.41, 5.74) is 0. The number of hydrogen-bond donors (Lipinski definition) is 1. The zero-order valence-electron chi connectivity index (χ0n) is 10.6. The smallest absolute Gasteiger partial charge is 0.407 e. The van der Waals surface area contributed by atoms with Gasteiger partial charge in [0.2, 0.25) is 5.91 Å². The molecule has 0 aromatic carbocycles. The van der Waals surface area contributed by atoms with Crippen molar-refractivity contribution in [3.63, 3.8) is 0 Å². The predicted molar refractivity (Wildman–Crippen MR) is 61.6 cm³/mol. The standard InChI is InChI=1S/C11H20N2O4/c1-8-5-4-6-13(8)10(14)9(7-16-2)12-11(15)17-3/h8-9H,4-7H2,1-3H3,(H,12,15)/t8-,9-/m0/s1. The molecule has 0 aliphatic carbocycles. The van der Waals surface area contributed by atoms with E-state index in [4.69, 9.17) is 4.74 Å². The van der Waals surface area contributed by atoms with Crippen molar-refractivity contribution in [1.29, 1.82) is 0 Å². The van der Waals surface area contributed by atoms with Gasteiger partial charge in [-0.15, -0.1) is 0 Å².